The summed E-state index contributed by atoms with van der Waals surface area (Å²) in [5.74, 6) is -0.267. The SMILES string of the molecule is COc1ccc(CC(=O)Nc2ccc(NC(=O)C3CCCO3)cc2C(F)(F)F)cc1OC. The van der Waals surface area contributed by atoms with E-state index >= 15 is 0 Å². The van der Waals surface area contributed by atoms with Gasteiger partial charge in [-0.2, -0.15) is 13.2 Å². The lowest BCUT2D eigenvalue weighted by Crippen LogP contribution is -2.27. The van der Waals surface area contributed by atoms with Gasteiger partial charge in [-0.1, -0.05) is 6.07 Å². The van der Waals surface area contributed by atoms with Crippen LogP contribution in [0.1, 0.15) is 24.0 Å². The summed E-state index contributed by atoms with van der Waals surface area (Å²) < 4.78 is 56.4. The van der Waals surface area contributed by atoms with Crippen LogP contribution in [0.15, 0.2) is 36.4 Å². The molecule has 0 bridgehead atoms. The van der Waals surface area contributed by atoms with Gasteiger partial charge in [0.1, 0.15) is 6.10 Å². The smallest absolute Gasteiger partial charge is 0.418 e. The van der Waals surface area contributed by atoms with E-state index in [1.165, 1.54) is 20.3 Å². The summed E-state index contributed by atoms with van der Waals surface area (Å²) in [4.78, 5) is 24.5. The number of benzene rings is 2. The first-order valence-electron chi connectivity index (χ1n) is 9.85. The first-order valence-corrected chi connectivity index (χ1v) is 9.85. The Morgan fingerprint density at radius 1 is 1.06 bits per heavy atom. The molecule has 0 saturated carbocycles. The Bertz CT molecular complexity index is 988. The molecule has 2 aromatic carbocycles. The fourth-order valence-electron chi connectivity index (χ4n) is 3.34. The van der Waals surface area contributed by atoms with Gasteiger partial charge in [-0.05, 0) is 48.7 Å². The maximum Gasteiger partial charge on any atom is 0.418 e. The van der Waals surface area contributed by atoms with Crippen molar-refractivity contribution in [2.45, 2.75) is 31.5 Å². The van der Waals surface area contributed by atoms with Crippen molar-refractivity contribution < 1.29 is 37.0 Å². The number of methoxy groups -OCH3 is 2. The minimum absolute atomic E-state index is 0.0317. The molecule has 2 amide bonds. The lowest BCUT2D eigenvalue weighted by atomic mass is 10.1. The number of carbonyl (C=O) groups excluding carboxylic acids is 2. The Morgan fingerprint density at radius 2 is 1.81 bits per heavy atom. The number of halogens is 3. The molecule has 1 unspecified atom stereocenters. The fourth-order valence-corrected chi connectivity index (χ4v) is 3.34. The first-order chi connectivity index (χ1) is 15.2. The maximum atomic E-state index is 13.6. The normalized spacial score (nSPS) is 15.8. The van der Waals surface area contributed by atoms with Crippen molar-refractivity contribution in [3.05, 3.63) is 47.5 Å². The summed E-state index contributed by atoms with van der Waals surface area (Å²) in [6, 6.07) is 8.00. The third kappa shape index (κ3) is 5.70. The molecule has 1 heterocycles. The van der Waals surface area contributed by atoms with Crippen LogP contribution in [0, 0.1) is 0 Å². The molecular formula is C22H23F3N2O5. The monoisotopic (exact) mass is 452 g/mol. The molecule has 0 aliphatic carbocycles. The molecule has 1 atom stereocenters. The number of anilines is 2. The number of carbonyl (C=O) groups is 2. The van der Waals surface area contributed by atoms with Gasteiger partial charge >= 0.3 is 6.18 Å². The Hall–Kier alpha value is -3.27. The molecule has 1 aliphatic heterocycles. The van der Waals surface area contributed by atoms with Gasteiger partial charge in [0, 0.05) is 12.3 Å². The van der Waals surface area contributed by atoms with Crippen molar-refractivity contribution in [3.8, 4) is 11.5 Å². The highest BCUT2D eigenvalue weighted by atomic mass is 19.4. The van der Waals surface area contributed by atoms with Gasteiger partial charge in [-0.15, -0.1) is 0 Å². The van der Waals surface area contributed by atoms with Gasteiger partial charge in [0.25, 0.3) is 5.91 Å². The number of rotatable bonds is 7. The van der Waals surface area contributed by atoms with E-state index in [1.807, 2.05) is 0 Å². The molecule has 1 saturated heterocycles. The second kappa shape index (κ2) is 9.90. The highest BCUT2D eigenvalue weighted by Crippen LogP contribution is 2.37. The molecule has 0 radical (unpaired) electrons. The van der Waals surface area contributed by atoms with Crippen LogP contribution in [0.2, 0.25) is 0 Å². The van der Waals surface area contributed by atoms with Gasteiger partial charge in [-0.25, -0.2) is 0 Å². The number of ether oxygens (including phenoxy) is 3. The quantitative estimate of drug-likeness (QED) is 0.663. The largest absolute Gasteiger partial charge is 0.493 e. The van der Waals surface area contributed by atoms with E-state index in [2.05, 4.69) is 10.6 Å². The van der Waals surface area contributed by atoms with E-state index in [-0.39, 0.29) is 12.1 Å². The Labute approximate surface area is 182 Å². The third-order valence-corrected chi connectivity index (χ3v) is 4.90. The second-order valence-electron chi connectivity index (χ2n) is 7.16. The van der Waals surface area contributed by atoms with Gasteiger partial charge in [0.2, 0.25) is 5.91 Å². The summed E-state index contributed by atoms with van der Waals surface area (Å²) >= 11 is 0. The average molecular weight is 452 g/mol. The van der Waals surface area contributed by atoms with Crippen molar-refractivity contribution in [3.63, 3.8) is 0 Å². The van der Waals surface area contributed by atoms with E-state index in [4.69, 9.17) is 14.2 Å². The second-order valence-corrected chi connectivity index (χ2v) is 7.16. The Morgan fingerprint density at radius 3 is 2.44 bits per heavy atom. The lowest BCUT2D eigenvalue weighted by molar-refractivity contribution is -0.137. The number of nitrogens with one attached hydrogen (secondary N) is 2. The van der Waals surface area contributed by atoms with Crippen LogP contribution < -0.4 is 20.1 Å². The molecular weight excluding hydrogens is 429 g/mol. The summed E-state index contributed by atoms with van der Waals surface area (Å²) in [7, 11) is 2.91. The summed E-state index contributed by atoms with van der Waals surface area (Å²) in [5, 5.41) is 4.74. The topological polar surface area (TPSA) is 85.9 Å². The summed E-state index contributed by atoms with van der Waals surface area (Å²) in [6.07, 6.45) is -4.35. The zero-order chi connectivity index (χ0) is 23.3. The zero-order valence-electron chi connectivity index (χ0n) is 17.5. The molecule has 172 valence electrons. The number of amides is 2. The molecule has 1 aliphatic rings. The van der Waals surface area contributed by atoms with Crippen LogP contribution in [0.3, 0.4) is 0 Å². The van der Waals surface area contributed by atoms with Gasteiger partial charge in [0.05, 0.1) is 31.9 Å². The van der Waals surface area contributed by atoms with Crippen molar-refractivity contribution >= 4 is 23.2 Å². The zero-order valence-corrected chi connectivity index (χ0v) is 17.5. The number of hydrogen-bond acceptors (Lipinski definition) is 5. The van der Waals surface area contributed by atoms with Crippen LogP contribution >= 0.6 is 0 Å². The van der Waals surface area contributed by atoms with Crippen LogP contribution in [0.5, 0.6) is 11.5 Å². The van der Waals surface area contributed by atoms with Crippen molar-refractivity contribution in [1.29, 1.82) is 0 Å². The van der Waals surface area contributed by atoms with E-state index in [0.717, 1.165) is 18.6 Å². The Kier molecular flexibility index (Phi) is 7.24. The lowest BCUT2D eigenvalue weighted by Gasteiger charge is -2.17. The van der Waals surface area contributed by atoms with E-state index in [1.54, 1.807) is 18.2 Å². The number of hydrogen-bond donors (Lipinski definition) is 2. The Balaban J connectivity index is 1.75. The van der Waals surface area contributed by atoms with E-state index in [9.17, 15) is 22.8 Å². The minimum atomic E-state index is -4.74. The van der Waals surface area contributed by atoms with Crippen molar-refractivity contribution in [1.82, 2.24) is 0 Å². The standard InChI is InChI=1S/C22H23F3N2O5/c1-30-17-8-5-13(10-19(17)31-2)11-20(28)27-16-7-6-14(12-15(16)22(23,24)25)26-21(29)18-4-3-9-32-18/h5-8,10,12,18H,3-4,9,11H2,1-2H3,(H,26,29)(H,27,28). The van der Waals surface area contributed by atoms with Crippen LogP contribution in [0.25, 0.3) is 0 Å². The van der Waals surface area contributed by atoms with Crippen LogP contribution in [-0.4, -0.2) is 38.7 Å². The van der Waals surface area contributed by atoms with E-state index < -0.39 is 35.3 Å². The maximum absolute atomic E-state index is 13.6. The van der Waals surface area contributed by atoms with Gasteiger partial charge in [0.15, 0.2) is 11.5 Å². The average Bonchev–Trinajstić information content (AvgIpc) is 3.29. The van der Waals surface area contributed by atoms with Gasteiger partial charge in [-0.3, -0.25) is 9.59 Å². The van der Waals surface area contributed by atoms with Crippen molar-refractivity contribution in [2.24, 2.45) is 0 Å². The molecule has 2 aromatic rings. The summed E-state index contributed by atoms with van der Waals surface area (Å²) in [6.45, 7) is 0.441. The molecule has 2 N–H and O–H groups in total. The molecule has 0 spiro atoms. The predicted octanol–water partition coefficient (Wildman–Crippen LogP) is 4.02. The third-order valence-electron chi connectivity index (χ3n) is 4.90. The first kappa shape index (κ1) is 23.4. The van der Waals surface area contributed by atoms with Gasteiger partial charge < -0.3 is 24.8 Å². The van der Waals surface area contributed by atoms with Crippen molar-refractivity contribution in [2.75, 3.05) is 31.5 Å². The molecule has 10 heteroatoms. The predicted molar refractivity (Wildman–Crippen MR) is 111 cm³/mol. The molecule has 7 nitrogen and oxygen atoms in total. The highest BCUT2D eigenvalue weighted by Gasteiger charge is 2.35. The van der Waals surface area contributed by atoms with Crippen LogP contribution in [0.4, 0.5) is 24.5 Å². The summed E-state index contributed by atoms with van der Waals surface area (Å²) in [5.41, 5.74) is -0.966. The molecule has 3 rings (SSSR count). The fraction of sp³-hybridized carbons (Fsp3) is 0.364. The van der Waals surface area contributed by atoms with E-state index in [0.29, 0.717) is 30.1 Å². The minimum Gasteiger partial charge on any atom is -0.493 e. The highest BCUT2D eigenvalue weighted by molar-refractivity contribution is 5.96. The van der Waals surface area contributed by atoms with Crippen LogP contribution in [-0.2, 0) is 26.9 Å². The molecule has 0 aromatic heterocycles. The molecule has 1 fully saturated rings. The number of alkyl halides is 3. The molecule has 32 heavy (non-hydrogen) atoms.